The number of carbonyl (C=O) groups excluding carboxylic acids is 2. The largest absolute Gasteiger partial charge is 0.351 e. The average molecular weight is 355 g/mol. The van der Waals surface area contributed by atoms with Gasteiger partial charge in [-0.05, 0) is 37.5 Å². The van der Waals surface area contributed by atoms with Crippen molar-refractivity contribution in [2.45, 2.75) is 45.2 Å². The number of rotatable bonds is 6. The van der Waals surface area contributed by atoms with Crippen LogP contribution in [0.2, 0.25) is 0 Å². The molecule has 2 aromatic heterocycles. The zero-order chi connectivity index (χ0) is 18.5. The molecule has 2 amide bonds. The van der Waals surface area contributed by atoms with Gasteiger partial charge in [0, 0.05) is 38.8 Å². The van der Waals surface area contributed by atoms with Gasteiger partial charge in [-0.1, -0.05) is 6.07 Å². The van der Waals surface area contributed by atoms with Gasteiger partial charge in [-0.15, -0.1) is 0 Å². The second-order valence-electron chi connectivity index (χ2n) is 6.65. The standard InChI is InChI=1S/C19H25N5O2/c1-14(25)20-13-15-5-3-6-17(22-15)18-7-4-12-24(18)19(26)9-8-16-10-11-21-23(16)2/h3,5-6,10-11,18H,4,7-9,12-13H2,1-2H3,(H,20,25). The quantitative estimate of drug-likeness (QED) is 0.856. The Labute approximate surface area is 153 Å². The summed E-state index contributed by atoms with van der Waals surface area (Å²) in [5.74, 6) is 0.0767. The van der Waals surface area contributed by atoms with Crippen LogP contribution in [0.15, 0.2) is 30.5 Å². The summed E-state index contributed by atoms with van der Waals surface area (Å²) in [6.45, 7) is 2.67. The first kappa shape index (κ1) is 18.1. The Kier molecular flexibility index (Phi) is 5.65. The number of pyridine rings is 1. The van der Waals surface area contributed by atoms with Crippen LogP contribution in [-0.2, 0) is 29.6 Å². The van der Waals surface area contributed by atoms with Crippen molar-refractivity contribution in [3.05, 3.63) is 47.5 Å². The van der Waals surface area contributed by atoms with E-state index in [-0.39, 0.29) is 17.9 Å². The molecule has 2 aromatic rings. The summed E-state index contributed by atoms with van der Waals surface area (Å²) in [6, 6.07) is 7.77. The van der Waals surface area contributed by atoms with Crippen LogP contribution in [0.1, 0.15) is 49.3 Å². The second-order valence-corrected chi connectivity index (χ2v) is 6.65. The summed E-state index contributed by atoms with van der Waals surface area (Å²) in [5, 5.41) is 6.91. The minimum Gasteiger partial charge on any atom is -0.351 e. The van der Waals surface area contributed by atoms with Crippen LogP contribution in [0.25, 0.3) is 0 Å². The van der Waals surface area contributed by atoms with Gasteiger partial charge in [0.2, 0.25) is 11.8 Å². The Balaban J connectivity index is 1.65. The molecule has 3 rings (SSSR count). The predicted octanol–water partition coefficient (Wildman–Crippen LogP) is 1.75. The highest BCUT2D eigenvalue weighted by Crippen LogP contribution is 2.31. The Bertz CT molecular complexity index is 786. The molecule has 1 aliphatic heterocycles. The first-order valence-corrected chi connectivity index (χ1v) is 9.01. The van der Waals surface area contributed by atoms with Gasteiger partial charge in [-0.3, -0.25) is 19.3 Å². The van der Waals surface area contributed by atoms with Gasteiger partial charge in [0.25, 0.3) is 0 Å². The third-order valence-corrected chi connectivity index (χ3v) is 4.78. The lowest BCUT2D eigenvalue weighted by Gasteiger charge is -2.25. The summed E-state index contributed by atoms with van der Waals surface area (Å²) in [6.07, 6.45) is 4.83. The molecule has 1 saturated heterocycles. The molecule has 138 valence electrons. The van der Waals surface area contributed by atoms with Crippen molar-refractivity contribution >= 4 is 11.8 Å². The van der Waals surface area contributed by atoms with Crippen LogP contribution in [-0.4, -0.2) is 38.0 Å². The van der Waals surface area contributed by atoms with Gasteiger partial charge in [0.1, 0.15) is 0 Å². The lowest BCUT2D eigenvalue weighted by Crippen LogP contribution is -2.31. The molecule has 1 unspecified atom stereocenters. The lowest BCUT2D eigenvalue weighted by molar-refractivity contribution is -0.132. The molecule has 1 N–H and O–H groups in total. The molecule has 0 bridgehead atoms. The molecule has 7 nitrogen and oxygen atoms in total. The molecule has 1 fully saturated rings. The molecule has 7 heteroatoms. The van der Waals surface area contributed by atoms with Crippen LogP contribution < -0.4 is 5.32 Å². The van der Waals surface area contributed by atoms with Gasteiger partial charge >= 0.3 is 0 Å². The van der Waals surface area contributed by atoms with Crippen LogP contribution >= 0.6 is 0 Å². The molecule has 0 aliphatic carbocycles. The van der Waals surface area contributed by atoms with E-state index in [9.17, 15) is 9.59 Å². The molecule has 0 radical (unpaired) electrons. The van der Waals surface area contributed by atoms with Crippen LogP contribution in [0.4, 0.5) is 0 Å². The van der Waals surface area contributed by atoms with E-state index in [1.165, 1.54) is 6.92 Å². The number of amides is 2. The summed E-state index contributed by atoms with van der Waals surface area (Å²) in [7, 11) is 1.89. The fourth-order valence-corrected chi connectivity index (χ4v) is 3.40. The highest BCUT2D eigenvalue weighted by molar-refractivity contribution is 5.77. The van der Waals surface area contributed by atoms with E-state index in [4.69, 9.17) is 0 Å². The van der Waals surface area contributed by atoms with Crippen molar-refractivity contribution in [1.82, 2.24) is 25.0 Å². The van der Waals surface area contributed by atoms with Gasteiger partial charge in [-0.25, -0.2) is 0 Å². The van der Waals surface area contributed by atoms with Crippen LogP contribution in [0, 0.1) is 0 Å². The minimum absolute atomic E-state index is 0.0197. The number of hydrogen-bond donors (Lipinski definition) is 1. The highest BCUT2D eigenvalue weighted by atomic mass is 16.2. The zero-order valence-corrected chi connectivity index (χ0v) is 15.3. The van der Waals surface area contributed by atoms with E-state index >= 15 is 0 Å². The second kappa shape index (κ2) is 8.12. The van der Waals surface area contributed by atoms with Gasteiger partial charge in [-0.2, -0.15) is 5.10 Å². The smallest absolute Gasteiger partial charge is 0.223 e. The van der Waals surface area contributed by atoms with Crippen molar-refractivity contribution < 1.29 is 9.59 Å². The molecule has 0 aromatic carbocycles. The van der Waals surface area contributed by atoms with Crippen molar-refractivity contribution in [2.75, 3.05) is 6.54 Å². The Morgan fingerprint density at radius 1 is 1.31 bits per heavy atom. The van der Waals surface area contributed by atoms with E-state index < -0.39 is 0 Å². The first-order valence-electron chi connectivity index (χ1n) is 9.01. The molecule has 3 heterocycles. The maximum absolute atomic E-state index is 12.7. The number of nitrogens with one attached hydrogen (secondary N) is 1. The molecule has 1 aliphatic rings. The van der Waals surface area contributed by atoms with E-state index in [1.807, 2.05) is 40.9 Å². The van der Waals surface area contributed by atoms with Crippen LogP contribution in [0.5, 0.6) is 0 Å². The summed E-state index contributed by atoms with van der Waals surface area (Å²) >= 11 is 0. The van der Waals surface area contributed by atoms with Gasteiger partial charge in [0.05, 0.1) is 24.0 Å². The van der Waals surface area contributed by atoms with Crippen molar-refractivity contribution in [2.24, 2.45) is 7.05 Å². The average Bonchev–Trinajstić information content (AvgIpc) is 3.27. The zero-order valence-electron chi connectivity index (χ0n) is 15.3. The molecular weight excluding hydrogens is 330 g/mol. The molecule has 1 atom stereocenters. The number of carbonyl (C=O) groups is 2. The van der Waals surface area contributed by atoms with E-state index in [0.717, 1.165) is 36.5 Å². The minimum atomic E-state index is -0.0787. The van der Waals surface area contributed by atoms with Gasteiger partial charge in [0.15, 0.2) is 0 Å². The predicted molar refractivity (Wildman–Crippen MR) is 97.0 cm³/mol. The number of likely N-dealkylation sites (tertiary alicyclic amines) is 1. The Hall–Kier alpha value is -2.70. The molecular formula is C19H25N5O2. The van der Waals surface area contributed by atoms with Crippen molar-refractivity contribution in [3.63, 3.8) is 0 Å². The maximum Gasteiger partial charge on any atom is 0.223 e. The number of aryl methyl sites for hydroxylation is 2. The number of nitrogens with zero attached hydrogens (tertiary/aromatic N) is 4. The Morgan fingerprint density at radius 3 is 2.88 bits per heavy atom. The monoisotopic (exact) mass is 355 g/mol. The van der Waals surface area contributed by atoms with Crippen molar-refractivity contribution in [1.29, 1.82) is 0 Å². The number of hydrogen-bond acceptors (Lipinski definition) is 4. The third kappa shape index (κ3) is 4.28. The molecule has 0 saturated carbocycles. The van der Waals surface area contributed by atoms with E-state index in [1.54, 1.807) is 6.20 Å². The van der Waals surface area contributed by atoms with E-state index in [2.05, 4.69) is 15.4 Å². The number of aromatic nitrogens is 3. The fourth-order valence-electron chi connectivity index (χ4n) is 3.40. The third-order valence-electron chi connectivity index (χ3n) is 4.78. The topological polar surface area (TPSA) is 80.1 Å². The normalized spacial score (nSPS) is 16.7. The fraction of sp³-hybridized carbons (Fsp3) is 0.474. The lowest BCUT2D eigenvalue weighted by atomic mass is 10.1. The van der Waals surface area contributed by atoms with Crippen LogP contribution in [0.3, 0.4) is 0 Å². The molecule has 26 heavy (non-hydrogen) atoms. The summed E-state index contributed by atoms with van der Waals surface area (Å²) in [5.41, 5.74) is 2.77. The summed E-state index contributed by atoms with van der Waals surface area (Å²) < 4.78 is 1.81. The maximum atomic E-state index is 12.7. The highest BCUT2D eigenvalue weighted by Gasteiger charge is 2.30. The van der Waals surface area contributed by atoms with E-state index in [0.29, 0.717) is 19.4 Å². The van der Waals surface area contributed by atoms with Gasteiger partial charge < -0.3 is 10.2 Å². The summed E-state index contributed by atoms with van der Waals surface area (Å²) in [4.78, 5) is 30.4. The Morgan fingerprint density at radius 2 is 2.15 bits per heavy atom. The first-order chi connectivity index (χ1) is 12.5. The van der Waals surface area contributed by atoms with Crippen molar-refractivity contribution in [3.8, 4) is 0 Å². The SMILES string of the molecule is CC(=O)NCc1cccc(C2CCCN2C(=O)CCc2ccnn2C)n1. The molecule has 0 spiro atoms.